The lowest BCUT2D eigenvalue weighted by molar-refractivity contribution is 0.728. The first kappa shape index (κ1) is 13.5. The van der Waals surface area contributed by atoms with Crippen molar-refractivity contribution in [1.29, 1.82) is 0 Å². The SMILES string of the molecule is CCCN(CCC)c1ncc(Br)cc1CN. The summed E-state index contributed by atoms with van der Waals surface area (Å²) < 4.78 is 0.990. The maximum atomic E-state index is 5.76. The average molecular weight is 286 g/mol. The summed E-state index contributed by atoms with van der Waals surface area (Å²) in [6, 6.07) is 2.06. The predicted molar refractivity (Wildman–Crippen MR) is 72.6 cm³/mol. The molecule has 0 atom stereocenters. The van der Waals surface area contributed by atoms with E-state index in [1.165, 1.54) is 0 Å². The Hall–Kier alpha value is -0.610. The molecule has 0 amide bonds. The first-order valence-corrected chi connectivity index (χ1v) is 6.61. The summed E-state index contributed by atoms with van der Waals surface area (Å²) in [5.41, 5.74) is 6.87. The fourth-order valence-electron chi connectivity index (χ4n) is 1.77. The molecule has 1 rings (SSSR count). The summed E-state index contributed by atoms with van der Waals surface area (Å²) in [7, 11) is 0. The van der Waals surface area contributed by atoms with Crippen molar-refractivity contribution in [2.24, 2.45) is 5.73 Å². The van der Waals surface area contributed by atoms with Gasteiger partial charge in [0.2, 0.25) is 0 Å². The summed E-state index contributed by atoms with van der Waals surface area (Å²) in [6.45, 7) is 6.98. The Morgan fingerprint density at radius 2 is 1.94 bits per heavy atom. The maximum Gasteiger partial charge on any atom is 0.133 e. The number of hydrogen-bond donors (Lipinski definition) is 1. The van der Waals surface area contributed by atoms with Crippen LogP contribution in [0.2, 0.25) is 0 Å². The van der Waals surface area contributed by atoms with Crippen molar-refractivity contribution in [3.05, 3.63) is 22.3 Å². The molecular weight excluding hydrogens is 266 g/mol. The van der Waals surface area contributed by atoms with Crippen LogP contribution in [0.15, 0.2) is 16.7 Å². The van der Waals surface area contributed by atoms with Crippen molar-refractivity contribution in [3.63, 3.8) is 0 Å². The number of hydrogen-bond acceptors (Lipinski definition) is 3. The topological polar surface area (TPSA) is 42.2 Å². The molecule has 0 saturated carbocycles. The predicted octanol–water partition coefficient (Wildman–Crippen LogP) is 2.93. The van der Waals surface area contributed by atoms with Gasteiger partial charge >= 0.3 is 0 Å². The molecule has 16 heavy (non-hydrogen) atoms. The minimum absolute atomic E-state index is 0.533. The molecule has 0 aliphatic carbocycles. The minimum Gasteiger partial charge on any atom is -0.356 e. The molecule has 0 saturated heterocycles. The summed E-state index contributed by atoms with van der Waals surface area (Å²) in [6.07, 6.45) is 4.09. The van der Waals surface area contributed by atoms with E-state index in [-0.39, 0.29) is 0 Å². The molecule has 0 aliphatic rings. The maximum absolute atomic E-state index is 5.76. The smallest absolute Gasteiger partial charge is 0.133 e. The van der Waals surface area contributed by atoms with Gasteiger partial charge in [0.25, 0.3) is 0 Å². The van der Waals surface area contributed by atoms with Gasteiger partial charge in [0.05, 0.1) is 0 Å². The van der Waals surface area contributed by atoms with E-state index in [0.29, 0.717) is 6.54 Å². The molecule has 0 aromatic carbocycles. The van der Waals surface area contributed by atoms with Crippen LogP contribution < -0.4 is 10.6 Å². The highest BCUT2D eigenvalue weighted by Gasteiger charge is 2.10. The molecule has 0 aliphatic heterocycles. The molecule has 0 spiro atoms. The van der Waals surface area contributed by atoms with E-state index in [4.69, 9.17) is 5.73 Å². The minimum atomic E-state index is 0.533. The molecule has 1 heterocycles. The van der Waals surface area contributed by atoms with E-state index < -0.39 is 0 Å². The molecule has 1 aromatic heterocycles. The molecule has 0 unspecified atom stereocenters. The van der Waals surface area contributed by atoms with Gasteiger partial charge in [-0.3, -0.25) is 0 Å². The molecule has 0 fully saturated rings. The second-order valence-corrected chi connectivity index (χ2v) is 4.74. The fraction of sp³-hybridized carbons (Fsp3) is 0.583. The van der Waals surface area contributed by atoms with Gasteiger partial charge in [-0.15, -0.1) is 0 Å². The summed E-state index contributed by atoms with van der Waals surface area (Å²) in [5.74, 6) is 1.04. The van der Waals surface area contributed by atoms with Crippen LogP contribution in [0.5, 0.6) is 0 Å². The van der Waals surface area contributed by atoms with Gasteiger partial charge in [0, 0.05) is 35.9 Å². The van der Waals surface area contributed by atoms with Crippen LogP contribution >= 0.6 is 15.9 Å². The Morgan fingerprint density at radius 1 is 1.31 bits per heavy atom. The number of halogens is 1. The van der Waals surface area contributed by atoms with Gasteiger partial charge < -0.3 is 10.6 Å². The van der Waals surface area contributed by atoms with Gasteiger partial charge in [-0.05, 0) is 34.8 Å². The zero-order chi connectivity index (χ0) is 12.0. The lowest BCUT2D eigenvalue weighted by Gasteiger charge is -2.24. The van der Waals surface area contributed by atoms with Crippen LogP contribution in [-0.4, -0.2) is 18.1 Å². The Labute approximate surface area is 106 Å². The van der Waals surface area contributed by atoms with Crippen molar-refractivity contribution in [2.45, 2.75) is 33.2 Å². The van der Waals surface area contributed by atoms with Crippen LogP contribution in [0.25, 0.3) is 0 Å². The van der Waals surface area contributed by atoms with Gasteiger partial charge in [0.15, 0.2) is 0 Å². The third kappa shape index (κ3) is 3.46. The summed E-state index contributed by atoms with van der Waals surface area (Å²) >= 11 is 3.43. The van der Waals surface area contributed by atoms with Crippen molar-refractivity contribution in [2.75, 3.05) is 18.0 Å². The fourth-order valence-corrected chi connectivity index (χ4v) is 2.15. The van der Waals surface area contributed by atoms with Gasteiger partial charge in [-0.1, -0.05) is 13.8 Å². The third-order valence-electron chi connectivity index (χ3n) is 2.42. The monoisotopic (exact) mass is 285 g/mol. The lowest BCUT2D eigenvalue weighted by Crippen LogP contribution is -2.27. The standard InChI is InChI=1S/C12H20BrN3/c1-3-5-16(6-4-2)12-10(8-14)7-11(13)9-15-12/h7,9H,3-6,8,14H2,1-2H3. The highest BCUT2D eigenvalue weighted by atomic mass is 79.9. The van der Waals surface area contributed by atoms with Crippen molar-refractivity contribution < 1.29 is 0 Å². The molecular formula is C12H20BrN3. The zero-order valence-corrected chi connectivity index (χ0v) is 11.6. The Balaban J connectivity index is 2.97. The highest BCUT2D eigenvalue weighted by Crippen LogP contribution is 2.21. The van der Waals surface area contributed by atoms with Crippen LogP contribution in [0.3, 0.4) is 0 Å². The second-order valence-electron chi connectivity index (χ2n) is 3.83. The Kier molecular flexibility index (Phi) is 5.77. The first-order valence-electron chi connectivity index (χ1n) is 5.82. The van der Waals surface area contributed by atoms with E-state index in [2.05, 4.69) is 45.7 Å². The lowest BCUT2D eigenvalue weighted by atomic mass is 10.2. The largest absolute Gasteiger partial charge is 0.356 e. The Bertz CT molecular complexity index is 322. The van der Waals surface area contributed by atoms with Crippen molar-refractivity contribution in [1.82, 2.24) is 4.98 Å². The molecule has 3 nitrogen and oxygen atoms in total. The molecule has 1 aromatic rings. The van der Waals surface area contributed by atoms with Gasteiger partial charge in [-0.25, -0.2) is 4.98 Å². The van der Waals surface area contributed by atoms with E-state index >= 15 is 0 Å². The van der Waals surface area contributed by atoms with E-state index in [9.17, 15) is 0 Å². The van der Waals surface area contributed by atoms with Crippen LogP contribution in [0.4, 0.5) is 5.82 Å². The highest BCUT2D eigenvalue weighted by molar-refractivity contribution is 9.10. The van der Waals surface area contributed by atoms with E-state index in [1.54, 1.807) is 0 Å². The van der Waals surface area contributed by atoms with Crippen molar-refractivity contribution >= 4 is 21.7 Å². The van der Waals surface area contributed by atoms with Crippen molar-refractivity contribution in [3.8, 4) is 0 Å². The zero-order valence-electron chi connectivity index (χ0n) is 10.0. The van der Waals surface area contributed by atoms with E-state index in [0.717, 1.165) is 41.8 Å². The second kappa shape index (κ2) is 6.86. The Morgan fingerprint density at radius 3 is 2.44 bits per heavy atom. The molecule has 2 N–H and O–H groups in total. The first-order chi connectivity index (χ1) is 7.72. The quantitative estimate of drug-likeness (QED) is 0.874. The van der Waals surface area contributed by atoms with E-state index in [1.807, 2.05) is 6.20 Å². The molecule has 0 bridgehead atoms. The molecule has 90 valence electrons. The normalized spacial score (nSPS) is 10.5. The number of nitrogens with zero attached hydrogens (tertiary/aromatic N) is 2. The number of anilines is 1. The number of aromatic nitrogens is 1. The van der Waals surface area contributed by atoms with Crippen LogP contribution in [0, 0.1) is 0 Å². The average Bonchev–Trinajstić information content (AvgIpc) is 2.28. The van der Waals surface area contributed by atoms with Crippen LogP contribution in [-0.2, 0) is 6.54 Å². The van der Waals surface area contributed by atoms with Gasteiger partial charge in [-0.2, -0.15) is 0 Å². The molecule has 0 radical (unpaired) electrons. The third-order valence-corrected chi connectivity index (χ3v) is 2.85. The van der Waals surface area contributed by atoms with Gasteiger partial charge in [0.1, 0.15) is 5.82 Å². The van der Waals surface area contributed by atoms with Crippen LogP contribution in [0.1, 0.15) is 32.3 Å². The summed E-state index contributed by atoms with van der Waals surface area (Å²) in [5, 5.41) is 0. The number of rotatable bonds is 6. The summed E-state index contributed by atoms with van der Waals surface area (Å²) in [4.78, 5) is 6.80. The number of pyridine rings is 1. The number of nitrogens with two attached hydrogens (primary N) is 1. The molecule has 4 heteroatoms.